The van der Waals surface area contributed by atoms with E-state index in [-0.39, 0.29) is 0 Å². The summed E-state index contributed by atoms with van der Waals surface area (Å²) in [4.78, 5) is 0. The number of benzene rings is 3. The standard InChI is InChI=1S/C23H18N.6FH.Sb/c1-2-9-18(10-3-1)22-16-19-11-5-7-13-21(19)23-20-12-6-4-8-17(20)14-15-24(22)23;;;;;;;/h1-13,16H,14-15H2;6*1H;/q+1;;;;;;;+5/p-6. The van der Waals surface area contributed by atoms with E-state index in [0.717, 1.165) is 13.0 Å². The van der Waals surface area contributed by atoms with Crippen molar-refractivity contribution in [3.05, 3.63) is 90.5 Å². The Morgan fingerprint density at radius 1 is 0.677 bits per heavy atom. The van der Waals surface area contributed by atoms with Crippen LogP contribution in [0.15, 0.2) is 84.9 Å². The molecule has 31 heavy (non-hydrogen) atoms. The molecule has 2 heterocycles. The van der Waals surface area contributed by atoms with Gasteiger partial charge in [-0.15, -0.1) is 0 Å². The van der Waals surface area contributed by atoms with E-state index in [1.54, 1.807) is 0 Å². The summed E-state index contributed by atoms with van der Waals surface area (Å²) < 4.78 is 62.0. The molecular formula is C23H18F6NSb. The van der Waals surface area contributed by atoms with Crippen LogP contribution in [0.5, 0.6) is 0 Å². The Hall–Kier alpha value is -2.53. The van der Waals surface area contributed by atoms with Crippen molar-refractivity contribution in [2.24, 2.45) is 0 Å². The molecule has 0 unspecified atom stereocenters. The van der Waals surface area contributed by atoms with Crippen molar-refractivity contribution in [1.82, 2.24) is 0 Å². The maximum absolute atomic E-state index is 11.2. The summed E-state index contributed by atoms with van der Waals surface area (Å²) in [7, 11) is 0. The number of nitrogens with zero attached hydrogens (tertiary/aromatic N) is 1. The molecule has 0 saturated carbocycles. The summed E-state index contributed by atoms with van der Waals surface area (Å²) in [6.07, 6.45) is 1.09. The molecule has 1 aliphatic rings. The molecule has 1 aliphatic heterocycles. The van der Waals surface area contributed by atoms with Gasteiger partial charge in [-0.3, -0.25) is 0 Å². The van der Waals surface area contributed by atoms with Crippen LogP contribution in [-0.4, -0.2) is 19.5 Å². The zero-order chi connectivity index (χ0) is 22.3. The Kier molecular flexibility index (Phi) is 4.89. The van der Waals surface area contributed by atoms with Gasteiger partial charge in [0.1, 0.15) is 0 Å². The van der Waals surface area contributed by atoms with E-state index >= 15 is 0 Å². The molecule has 5 rings (SSSR count). The molecule has 0 spiro atoms. The number of hydrogen-bond acceptors (Lipinski definition) is 0. The van der Waals surface area contributed by atoms with Crippen LogP contribution in [0.25, 0.3) is 33.3 Å². The van der Waals surface area contributed by atoms with Crippen LogP contribution in [0, 0.1) is 0 Å². The van der Waals surface area contributed by atoms with Gasteiger partial charge in [0, 0.05) is 18.1 Å². The minimum absolute atomic E-state index is 1.03. The molecule has 0 fully saturated rings. The molecule has 0 radical (unpaired) electrons. The Bertz CT molecular complexity index is 1260. The normalized spacial score (nSPS) is 15.0. The Labute approximate surface area is 177 Å². The van der Waals surface area contributed by atoms with Crippen LogP contribution in [0.2, 0.25) is 0 Å². The molecule has 0 saturated heterocycles. The molecule has 4 aromatic rings. The second-order valence-electron chi connectivity index (χ2n) is 7.35. The molecule has 0 bridgehead atoms. The molecular weight excluding hydrogens is 526 g/mol. The van der Waals surface area contributed by atoms with E-state index in [9.17, 15) is 16.9 Å². The van der Waals surface area contributed by atoms with E-state index in [1.165, 1.54) is 38.9 Å². The number of halogens is 6. The van der Waals surface area contributed by atoms with Gasteiger partial charge in [-0.2, -0.15) is 4.57 Å². The summed E-state index contributed by atoms with van der Waals surface area (Å²) in [6, 6.07) is 30.6. The third-order valence-corrected chi connectivity index (χ3v) is 5.02. The van der Waals surface area contributed by atoms with Crippen molar-refractivity contribution in [3.63, 3.8) is 0 Å². The van der Waals surface area contributed by atoms with Crippen molar-refractivity contribution in [2.45, 2.75) is 13.0 Å². The van der Waals surface area contributed by atoms with Crippen molar-refractivity contribution < 1.29 is 21.4 Å². The van der Waals surface area contributed by atoms with Gasteiger partial charge in [0.2, 0.25) is 11.4 Å². The van der Waals surface area contributed by atoms with Gasteiger partial charge < -0.3 is 0 Å². The Morgan fingerprint density at radius 3 is 1.97 bits per heavy atom. The van der Waals surface area contributed by atoms with Crippen LogP contribution in [0.4, 0.5) is 16.9 Å². The first kappa shape index (κ1) is 21.7. The maximum Gasteiger partial charge on any atom is 0.221 e. The molecule has 1 aromatic heterocycles. The topological polar surface area (TPSA) is 3.88 Å². The van der Waals surface area contributed by atoms with Crippen molar-refractivity contribution in [2.75, 3.05) is 0 Å². The van der Waals surface area contributed by atoms with E-state index < -0.39 is 19.5 Å². The van der Waals surface area contributed by atoms with Gasteiger partial charge in [0.05, 0.1) is 10.9 Å². The zero-order valence-corrected chi connectivity index (χ0v) is 18.7. The zero-order valence-electron chi connectivity index (χ0n) is 16.2. The molecule has 1 nitrogen and oxygen atoms in total. The summed E-state index contributed by atoms with van der Waals surface area (Å²) >= 11 is -11.2. The molecule has 8 heteroatoms. The summed E-state index contributed by atoms with van der Waals surface area (Å²) in [6.45, 7) is 1.03. The summed E-state index contributed by atoms with van der Waals surface area (Å²) in [5.41, 5.74) is 6.77. The van der Waals surface area contributed by atoms with Gasteiger partial charge in [-0.05, 0) is 35.2 Å². The summed E-state index contributed by atoms with van der Waals surface area (Å²) in [5, 5.41) is 2.64. The van der Waals surface area contributed by atoms with Gasteiger partial charge in [-0.25, -0.2) is 0 Å². The van der Waals surface area contributed by atoms with Crippen molar-refractivity contribution >= 4 is 30.2 Å². The molecule has 3 aromatic carbocycles. The fourth-order valence-corrected chi connectivity index (χ4v) is 3.90. The van der Waals surface area contributed by atoms with Gasteiger partial charge in [0.25, 0.3) is 0 Å². The maximum atomic E-state index is 9.93. The average Bonchev–Trinajstić information content (AvgIpc) is 2.71. The predicted octanol–water partition coefficient (Wildman–Crippen LogP) is 7.16. The first-order valence-electron chi connectivity index (χ1n) is 9.52. The van der Waals surface area contributed by atoms with Crippen molar-refractivity contribution in [1.29, 1.82) is 0 Å². The van der Waals surface area contributed by atoms with Crippen LogP contribution >= 0.6 is 0 Å². The second kappa shape index (κ2) is 6.99. The molecule has 0 amide bonds. The number of aryl methyl sites for hydroxylation is 1. The molecule has 0 aliphatic carbocycles. The van der Waals surface area contributed by atoms with E-state index in [1.807, 2.05) is 0 Å². The average molecular weight is 544 g/mol. The number of fused-ring (bicyclic) bond motifs is 5. The van der Waals surface area contributed by atoms with Crippen LogP contribution < -0.4 is 4.57 Å². The van der Waals surface area contributed by atoms with Gasteiger partial charge >= 0.3 is 36.4 Å². The third kappa shape index (κ3) is 5.59. The summed E-state index contributed by atoms with van der Waals surface area (Å²) in [5.74, 6) is 0. The fourth-order valence-electron chi connectivity index (χ4n) is 3.90. The molecule has 0 atom stereocenters. The first-order chi connectivity index (χ1) is 14.4. The van der Waals surface area contributed by atoms with E-state index in [2.05, 4.69) is 89.5 Å². The largest absolute Gasteiger partial charge is 0.221 e. The minimum atomic E-state index is -11.2. The number of pyridine rings is 1. The van der Waals surface area contributed by atoms with Crippen LogP contribution in [-0.2, 0) is 13.0 Å². The monoisotopic (exact) mass is 543 g/mol. The van der Waals surface area contributed by atoms with Crippen LogP contribution in [0.3, 0.4) is 0 Å². The second-order valence-corrected chi connectivity index (χ2v) is 12.8. The number of aromatic nitrogens is 1. The van der Waals surface area contributed by atoms with E-state index in [0.29, 0.717) is 0 Å². The SMILES string of the molecule is [F][Sb-]([F])([F])([F])([F])[F].c1ccc(-c2cc3ccccc3c3[n+]2CCc2ccccc2-3)cc1. The Balaban J connectivity index is 0.000000289. The van der Waals surface area contributed by atoms with Gasteiger partial charge in [-0.1, -0.05) is 54.6 Å². The number of rotatable bonds is 1. The minimum Gasteiger partial charge on any atom is -0.190 e. The van der Waals surface area contributed by atoms with Crippen molar-refractivity contribution in [3.8, 4) is 22.5 Å². The third-order valence-electron chi connectivity index (χ3n) is 5.02. The number of hydrogen-bond donors (Lipinski definition) is 0. The Morgan fingerprint density at radius 2 is 1.26 bits per heavy atom. The molecule has 162 valence electrons. The van der Waals surface area contributed by atoms with Crippen LogP contribution in [0.1, 0.15) is 5.56 Å². The predicted molar refractivity (Wildman–Crippen MR) is 111 cm³/mol. The first-order valence-corrected chi connectivity index (χ1v) is 15.3. The van der Waals surface area contributed by atoms with Gasteiger partial charge in [0.15, 0.2) is 6.54 Å². The quantitative estimate of drug-likeness (QED) is 0.136. The van der Waals surface area contributed by atoms with E-state index in [4.69, 9.17) is 0 Å². The smallest absolute Gasteiger partial charge is 0.190 e. The fraction of sp³-hybridized carbons (Fsp3) is 0.0870. The molecule has 0 N–H and O–H groups in total.